The molecule has 1 aromatic rings. The maximum absolute atomic E-state index is 11.2. The van der Waals surface area contributed by atoms with Crippen molar-refractivity contribution in [3.8, 4) is 5.75 Å². The minimum absolute atomic E-state index is 0.217. The number of rotatable bonds is 6. The summed E-state index contributed by atoms with van der Waals surface area (Å²) in [7, 11) is 1.54. The summed E-state index contributed by atoms with van der Waals surface area (Å²) < 4.78 is 9.98. The van der Waals surface area contributed by atoms with Crippen molar-refractivity contribution in [1.29, 1.82) is 0 Å². The van der Waals surface area contributed by atoms with Crippen LogP contribution in [0.4, 0.5) is 0 Å². The number of hydrogen-bond acceptors (Lipinski definition) is 5. The van der Waals surface area contributed by atoms with E-state index >= 15 is 0 Å². The first-order valence-electron chi connectivity index (χ1n) is 5.71. The van der Waals surface area contributed by atoms with Gasteiger partial charge in [0, 0.05) is 12.0 Å². The van der Waals surface area contributed by atoms with Crippen molar-refractivity contribution in [3.63, 3.8) is 0 Å². The molecule has 0 fully saturated rings. The topological polar surface area (TPSA) is 68.1 Å². The van der Waals surface area contributed by atoms with Crippen LogP contribution in [0.5, 0.6) is 5.75 Å². The molecule has 0 spiro atoms. The van der Waals surface area contributed by atoms with Crippen molar-refractivity contribution in [2.24, 2.45) is 5.16 Å². The third kappa shape index (κ3) is 4.08. The third-order valence-electron chi connectivity index (χ3n) is 2.41. The molecule has 0 aliphatic heterocycles. The van der Waals surface area contributed by atoms with Gasteiger partial charge in [0.15, 0.2) is 0 Å². The lowest BCUT2D eigenvalue weighted by Crippen LogP contribution is -2.05. The fourth-order valence-electron chi connectivity index (χ4n) is 1.58. The van der Waals surface area contributed by atoms with Crippen LogP contribution in [-0.2, 0) is 16.0 Å². The molecule has 0 heterocycles. The van der Waals surface area contributed by atoms with Crippen LogP contribution >= 0.6 is 0 Å². The monoisotopic (exact) mass is 251 g/mol. The van der Waals surface area contributed by atoms with Gasteiger partial charge in [-0.25, -0.2) is 0 Å². The van der Waals surface area contributed by atoms with Crippen molar-refractivity contribution >= 4 is 12.2 Å². The van der Waals surface area contributed by atoms with Crippen LogP contribution in [0, 0.1) is 0 Å². The third-order valence-corrected chi connectivity index (χ3v) is 2.41. The molecule has 5 heteroatoms. The molecule has 0 unspecified atom stereocenters. The van der Waals surface area contributed by atoms with Gasteiger partial charge in [0.1, 0.15) is 5.75 Å². The number of aryl methyl sites for hydroxylation is 1. The molecule has 1 rings (SSSR count). The highest BCUT2D eigenvalue weighted by molar-refractivity contribution is 5.83. The van der Waals surface area contributed by atoms with Gasteiger partial charge < -0.3 is 14.7 Å². The lowest BCUT2D eigenvalue weighted by Gasteiger charge is -2.07. The molecule has 1 N–H and O–H groups in total. The Labute approximate surface area is 106 Å². The molecule has 0 radical (unpaired) electrons. The summed E-state index contributed by atoms with van der Waals surface area (Å²) in [4.78, 5) is 11.2. The number of carbonyl (C=O) groups is 1. The van der Waals surface area contributed by atoms with Crippen LogP contribution in [0.25, 0.3) is 0 Å². The van der Waals surface area contributed by atoms with E-state index in [9.17, 15) is 4.79 Å². The van der Waals surface area contributed by atoms with Gasteiger partial charge in [0.2, 0.25) is 0 Å². The number of oxime groups is 1. The number of ether oxygens (including phenoxy) is 2. The predicted molar refractivity (Wildman–Crippen MR) is 67.3 cm³/mol. The summed E-state index contributed by atoms with van der Waals surface area (Å²) in [6.45, 7) is 2.17. The number of carbonyl (C=O) groups excluding carboxylic acids is 1. The fraction of sp³-hybridized carbons (Fsp3) is 0.385. The summed E-state index contributed by atoms with van der Waals surface area (Å²) in [5.41, 5.74) is 1.63. The summed E-state index contributed by atoms with van der Waals surface area (Å²) in [6.07, 6.45) is 2.21. The largest absolute Gasteiger partial charge is 0.496 e. The molecule has 98 valence electrons. The molecule has 0 bridgehead atoms. The minimum Gasteiger partial charge on any atom is -0.496 e. The first-order chi connectivity index (χ1) is 8.71. The van der Waals surface area contributed by atoms with E-state index in [0.29, 0.717) is 30.8 Å². The van der Waals surface area contributed by atoms with E-state index in [0.717, 1.165) is 5.56 Å². The van der Waals surface area contributed by atoms with Crippen molar-refractivity contribution in [2.45, 2.75) is 19.8 Å². The van der Waals surface area contributed by atoms with Gasteiger partial charge in [-0.1, -0.05) is 11.2 Å². The van der Waals surface area contributed by atoms with Crippen LogP contribution in [0.2, 0.25) is 0 Å². The Morgan fingerprint density at radius 1 is 1.50 bits per heavy atom. The number of benzene rings is 1. The van der Waals surface area contributed by atoms with Crippen LogP contribution in [0.15, 0.2) is 23.4 Å². The number of esters is 1. The van der Waals surface area contributed by atoms with Gasteiger partial charge in [0.25, 0.3) is 0 Å². The first-order valence-corrected chi connectivity index (χ1v) is 5.71. The average Bonchev–Trinajstić information content (AvgIpc) is 2.37. The highest BCUT2D eigenvalue weighted by atomic mass is 16.5. The Morgan fingerprint density at radius 3 is 2.89 bits per heavy atom. The molecule has 0 aliphatic carbocycles. The Bertz CT molecular complexity index is 429. The normalized spacial score (nSPS) is 10.6. The lowest BCUT2D eigenvalue weighted by atomic mass is 10.1. The molecule has 18 heavy (non-hydrogen) atoms. The predicted octanol–water partition coefficient (Wildman–Crippen LogP) is 2.00. The summed E-state index contributed by atoms with van der Waals surface area (Å²) >= 11 is 0. The second-order valence-corrected chi connectivity index (χ2v) is 3.63. The smallest absolute Gasteiger partial charge is 0.306 e. The summed E-state index contributed by atoms with van der Waals surface area (Å²) in [5, 5.41) is 11.5. The Morgan fingerprint density at radius 2 is 2.28 bits per heavy atom. The Balaban J connectivity index is 2.72. The van der Waals surface area contributed by atoms with Gasteiger partial charge in [0.05, 0.1) is 19.9 Å². The van der Waals surface area contributed by atoms with E-state index in [4.69, 9.17) is 14.7 Å². The van der Waals surface area contributed by atoms with Gasteiger partial charge in [-0.15, -0.1) is 0 Å². The summed E-state index contributed by atoms with van der Waals surface area (Å²) in [6, 6.07) is 5.46. The van der Waals surface area contributed by atoms with Crippen LogP contribution in [0.3, 0.4) is 0 Å². The maximum atomic E-state index is 11.2. The number of nitrogens with zero attached hydrogens (tertiary/aromatic N) is 1. The second-order valence-electron chi connectivity index (χ2n) is 3.63. The van der Waals surface area contributed by atoms with Crippen LogP contribution < -0.4 is 4.74 Å². The molecule has 0 atom stereocenters. The van der Waals surface area contributed by atoms with E-state index in [1.165, 1.54) is 6.21 Å². The van der Waals surface area contributed by atoms with Crippen LogP contribution in [-0.4, -0.2) is 31.1 Å². The molecular formula is C13H17NO4. The first kappa shape index (κ1) is 14.0. The second kappa shape index (κ2) is 7.32. The Hall–Kier alpha value is -2.04. The Kier molecular flexibility index (Phi) is 5.70. The fourth-order valence-corrected chi connectivity index (χ4v) is 1.58. The molecule has 0 aromatic heterocycles. The van der Waals surface area contributed by atoms with E-state index in [2.05, 4.69) is 5.16 Å². The quantitative estimate of drug-likeness (QED) is 0.363. The van der Waals surface area contributed by atoms with Gasteiger partial charge in [-0.3, -0.25) is 4.79 Å². The van der Waals surface area contributed by atoms with E-state index in [-0.39, 0.29) is 5.97 Å². The zero-order valence-corrected chi connectivity index (χ0v) is 10.5. The number of hydrogen-bond donors (Lipinski definition) is 1. The zero-order chi connectivity index (χ0) is 13.4. The highest BCUT2D eigenvalue weighted by Crippen LogP contribution is 2.19. The van der Waals surface area contributed by atoms with E-state index in [1.807, 2.05) is 12.1 Å². The maximum Gasteiger partial charge on any atom is 0.306 e. The number of methoxy groups -OCH3 is 1. The van der Waals surface area contributed by atoms with Crippen molar-refractivity contribution in [2.75, 3.05) is 13.7 Å². The van der Waals surface area contributed by atoms with Crippen LogP contribution in [0.1, 0.15) is 24.5 Å². The van der Waals surface area contributed by atoms with Gasteiger partial charge >= 0.3 is 5.97 Å². The van der Waals surface area contributed by atoms with E-state index in [1.54, 1.807) is 20.1 Å². The molecule has 1 aromatic carbocycles. The molecule has 0 saturated heterocycles. The molecule has 0 aliphatic rings. The van der Waals surface area contributed by atoms with Crippen molar-refractivity contribution in [3.05, 3.63) is 29.3 Å². The highest BCUT2D eigenvalue weighted by Gasteiger charge is 2.06. The zero-order valence-electron chi connectivity index (χ0n) is 10.5. The average molecular weight is 251 g/mol. The summed E-state index contributed by atoms with van der Waals surface area (Å²) in [5.74, 6) is 0.401. The molecule has 0 amide bonds. The van der Waals surface area contributed by atoms with Crippen molar-refractivity contribution in [1.82, 2.24) is 0 Å². The molecule has 5 nitrogen and oxygen atoms in total. The van der Waals surface area contributed by atoms with Crippen molar-refractivity contribution < 1.29 is 19.5 Å². The SMILES string of the molecule is CCOC(=O)CCc1ccc(OC)c(C=NO)c1. The molecular weight excluding hydrogens is 234 g/mol. The standard InChI is InChI=1S/C13H17NO4/c1-3-18-13(15)7-5-10-4-6-12(17-2)11(8-10)9-14-16/h4,6,8-9,16H,3,5,7H2,1-2H3. The lowest BCUT2D eigenvalue weighted by molar-refractivity contribution is -0.143. The molecule has 0 saturated carbocycles. The minimum atomic E-state index is -0.217. The van der Waals surface area contributed by atoms with Gasteiger partial charge in [-0.2, -0.15) is 0 Å². The van der Waals surface area contributed by atoms with Gasteiger partial charge in [-0.05, 0) is 31.0 Å². The van der Waals surface area contributed by atoms with E-state index < -0.39 is 0 Å².